The lowest BCUT2D eigenvalue weighted by atomic mass is 10.0. The lowest BCUT2D eigenvalue weighted by Crippen LogP contribution is -2.25. The third-order valence-corrected chi connectivity index (χ3v) is 3.22. The Morgan fingerprint density at radius 2 is 1.89 bits per heavy atom. The molecule has 1 aromatic carbocycles. The summed E-state index contributed by atoms with van der Waals surface area (Å²) in [6.07, 6.45) is 2.07. The van der Waals surface area contributed by atoms with Gasteiger partial charge in [-0.05, 0) is 38.9 Å². The molecule has 0 bridgehead atoms. The Morgan fingerprint density at radius 3 is 2.50 bits per heavy atom. The molecule has 0 saturated heterocycles. The summed E-state index contributed by atoms with van der Waals surface area (Å²) in [6.45, 7) is 5.01. The predicted molar refractivity (Wildman–Crippen MR) is 76.7 cm³/mol. The van der Waals surface area contributed by atoms with Gasteiger partial charge in [-0.15, -0.1) is 0 Å². The molecular formula is C15H26N2O. The standard InChI is InChI=1S/C15H26N2O/c1-13-5-7-14(8-6-13)15(16)9-11-17(2)10-4-12-18-3/h5-8,15H,4,9-12,16H2,1-3H3. The van der Waals surface area contributed by atoms with E-state index in [0.29, 0.717) is 0 Å². The molecule has 0 aromatic heterocycles. The summed E-state index contributed by atoms with van der Waals surface area (Å²) in [6, 6.07) is 8.64. The van der Waals surface area contributed by atoms with Crippen LogP contribution < -0.4 is 5.73 Å². The fraction of sp³-hybridized carbons (Fsp3) is 0.600. The van der Waals surface area contributed by atoms with E-state index in [9.17, 15) is 0 Å². The largest absolute Gasteiger partial charge is 0.385 e. The van der Waals surface area contributed by atoms with Crippen LogP contribution in [-0.2, 0) is 4.74 Å². The number of rotatable bonds is 8. The van der Waals surface area contributed by atoms with Crippen LogP contribution in [0, 0.1) is 6.92 Å². The maximum atomic E-state index is 6.20. The number of methoxy groups -OCH3 is 1. The number of hydrogen-bond donors (Lipinski definition) is 1. The molecule has 0 aliphatic carbocycles. The molecule has 3 heteroatoms. The van der Waals surface area contributed by atoms with Crippen molar-refractivity contribution in [2.75, 3.05) is 33.9 Å². The van der Waals surface area contributed by atoms with Crippen LogP contribution in [0.15, 0.2) is 24.3 Å². The first-order chi connectivity index (χ1) is 8.63. The van der Waals surface area contributed by atoms with Gasteiger partial charge in [0, 0.05) is 26.3 Å². The average Bonchev–Trinajstić information content (AvgIpc) is 2.37. The molecule has 1 aromatic rings. The fourth-order valence-electron chi connectivity index (χ4n) is 1.93. The van der Waals surface area contributed by atoms with Crippen LogP contribution in [0.4, 0.5) is 0 Å². The molecule has 0 heterocycles. The molecule has 1 rings (SSSR count). The lowest BCUT2D eigenvalue weighted by Gasteiger charge is -2.19. The van der Waals surface area contributed by atoms with E-state index in [2.05, 4.69) is 43.1 Å². The van der Waals surface area contributed by atoms with Crippen LogP contribution in [0.5, 0.6) is 0 Å². The highest BCUT2D eigenvalue weighted by molar-refractivity contribution is 5.23. The fourth-order valence-corrected chi connectivity index (χ4v) is 1.93. The first-order valence-electron chi connectivity index (χ1n) is 6.63. The van der Waals surface area contributed by atoms with Crippen molar-refractivity contribution in [2.24, 2.45) is 5.73 Å². The molecule has 0 saturated carbocycles. The third kappa shape index (κ3) is 5.63. The second-order valence-corrected chi connectivity index (χ2v) is 4.96. The summed E-state index contributed by atoms with van der Waals surface area (Å²) >= 11 is 0. The number of nitrogens with two attached hydrogens (primary N) is 1. The summed E-state index contributed by atoms with van der Waals surface area (Å²) < 4.78 is 5.05. The molecule has 0 aliphatic heterocycles. The molecule has 102 valence electrons. The van der Waals surface area contributed by atoms with Gasteiger partial charge in [0.25, 0.3) is 0 Å². The highest BCUT2D eigenvalue weighted by atomic mass is 16.5. The monoisotopic (exact) mass is 250 g/mol. The molecule has 0 amide bonds. The number of nitrogens with zero attached hydrogens (tertiary/aromatic N) is 1. The van der Waals surface area contributed by atoms with Crippen molar-refractivity contribution in [1.82, 2.24) is 4.90 Å². The van der Waals surface area contributed by atoms with Gasteiger partial charge in [0.2, 0.25) is 0 Å². The van der Waals surface area contributed by atoms with Gasteiger partial charge in [-0.25, -0.2) is 0 Å². The molecule has 0 fully saturated rings. The van der Waals surface area contributed by atoms with E-state index in [1.54, 1.807) is 7.11 Å². The van der Waals surface area contributed by atoms with Gasteiger partial charge in [0.15, 0.2) is 0 Å². The minimum atomic E-state index is 0.135. The van der Waals surface area contributed by atoms with Gasteiger partial charge in [-0.1, -0.05) is 29.8 Å². The van der Waals surface area contributed by atoms with Gasteiger partial charge >= 0.3 is 0 Å². The van der Waals surface area contributed by atoms with Gasteiger partial charge in [0.05, 0.1) is 0 Å². The Hall–Kier alpha value is -0.900. The Morgan fingerprint density at radius 1 is 1.22 bits per heavy atom. The Kier molecular flexibility index (Phi) is 6.94. The average molecular weight is 250 g/mol. The van der Waals surface area contributed by atoms with Crippen molar-refractivity contribution in [3.05, 3.63) is 35.4 Å². The van der Waals surface area contributed by atoms with E-state index in [1.165, 1.54) is 11.1 Å². The minimum Gasteiger partial charge on any atom is -0.385 e. The molecule has 1 unspecified atom stereocenters. The lowest BCUT2D eigenvalue weighted by molar-refractivity contribution is 0.178. The smallest absolute Gasteiger partial charge is 0.0474 e. The zero-order valence-corrected chi connectivity index (χ0v) is 11.9. The maximum absolute atomic E-state index is 6.20. The van der Waals surface area contributed by atoms with Gasteiger partial charge in [-0.3, -0.25) is 0 Å². The summed E-state index contributed by atoms with van der Waals surface area (Å²) in [4.78, 5) is 2.31. The quantitative estimate of drug-likeness (QED) is 0.720. The van der Waals surface area contributed by atoms with E-state index in [-0.39, 0.29) is 6.04 Å². The van der Waals surface area contributed by atoms with Crippen molar-refractivity contribution in [1.29, 1.82) is 0 Å². The van der Waals surface area contributed by atoms with Crippen LogP contribution in [0.2, 0.25) is 0 Å². The van der Waals surface area contributed by atoms with Crippen molar-refractivity contribution >= 4 is 0 Å². The van der Waals surface area contributed by atoms with E-state index in [4.69, 9.17) is 10.5 Å². The molecule has 18 heavy (non-hydrogen) atoms. The predicted octanol–water partition coefficient (Wildman–Crippen LogP) is 2.35. The number of benzene rings is 1. The van der Waals surface area contributed by atoms with E-state index in [1.807, 2.05) is 0 Å². The van der Waals surface area contributed by atoms with Gasteiger partial charge < -0.3 is 15.4 Å². The van der Waals surface area contributed by atoms with Crippen LogP contribution in [0.3, 0.4) is 0 Å². The third-order valence-electron chi connectivity index (χ3n) is 3.22. The Balaban J connectivity index is 2.27. The Bertz CT molecular complexity index is 324. The normalized spacial score (nSPS) is 12.9. The maximum Gasteiger partial charge on any atom is 0.0474 e. The second-order valence-electron chi connectivity index (χ2n) is 4.96. The summed E-state index contributed by atoms with van der Waals surface area (Å²) in [5, 5.41) is 0. The van der Waals surface area contributed by atoms with Crippen molar-refractivity contribution in [3.63, 3.8) is 0 Å². The number of aryl methyl sites for hydroxylation is 1. The molecule has 0 radical (unpaired) electrons. The molecule has 0 aliphatic rings. The van der Waals surface area contributed by atoms with Crippen molar-refractivity contribution in [2.45, 2.75) is 25.8 Å². The van der Waals surface area contributed by atoms with E-state index >= 15 is 0 Å². The highest BCUT2D eigenvalue weighted by Gasteiger charge is 2.07. The van der Waals surface area contributed by atoms with Crippen LogP contribution >= 0.6 is 0 Å². The highest BCUT2D eigenvalue weighted by Crippen LogP contribution is 2.14. The molecule has 1 atom stereocenters. The molecule has 2 N–H and O–H groups in total. The zero-order valence-electron chi connectivity index (χ0n) is 11.9. The van der Waals surface area contributed by atoms with Gasteiger partial charge in [0.1, 0.15) is 0 Å². The topological polar surface area (TPSA) is 38.5 Å². The first-order valence-corrected chi connectivity index (χ1v) is 6.63. The Labute approximate surface area is 111 Å². The molecule has 3 nitrogen and oxygen atoms in total. The van der Waals surface area contributed by atoms with Crippen molar-refractivity contribution < 1.29 is 4.74 Å². The molecule has 0 spiro atoms. The first kappa shape index (κ1) is 15.2. The van der Waals surface area contributed by atoms with Crippen molar-refractivity contribution in [3.8, 4) is 0 Å². The van der Waals surface area contributed by atoms with Gasteiger partial charge in [-0.2, -0.15) is 0 Å². The SMILES string of the molecule is COCCCN(C)CCC(N)c1ccc(C)cc1. The summed E-state index contributed by atoms with van der Waals surface area (Å²) in [5.74, 6) is 0. The summed E-state index contributed by atoms with van der Waals surface area (Å²) in [7, 11) is 3.88. The number of hydrogen-bond acceptors (Lipinski definition) is 3. The number of ether oxygens (including phenoxy) is 1. The molecular weight excluding hydrogens is 224 g/mol. The van der Waals surface area contributed by atoms with E-state index in [0.717, 1.165) is 32.5 Å². The zero-order chi connectivity index (χ0) is 13.4. The second kappa shape index (κ2) is 8.25. The van der Waals surface area contributed by atoms with Crippen LogP contribution in [0.1, 0.15) is 30.0 Å². The minimum absolute atomic E-state index is 0.135. The van der Waals surface area contributed by atoms with E-state index < -0.39 is 0 Å². The van der Waals surface area contributed by atoms with Crippen LogP contribution in [-0.4, -0.2) is 38.8 Å². The van der Waals surface area contributed by atoms with Crippen LogP contribution in [0.25, 0.3) is 0 Å². The summed E-state index contributed by atoms with van der Waals surface area (Å²) in [5.41, 5.74) is 8.70.